The zero-order chi connectivity index (χ0) is 13.1. The predicted molar refractivity (Wildman–Crippen MR) is 71.4 cm³/mol. The zero-order valence-electron chi connectivity index (χ0n) is 10.9. The van der Waals surface area contributed by atoms with Gasteiger partial charge in [0.1, 0.15) is 5.75 Å². The molecule has 2 aromatic rings. The molecule has 0 aliphatic heterocycles. The summed E-state index contributed by atoms with van der Waals surface area (Å²) < 4.78 is 5.21. The van der Waals surface area contributed by atoms with E-state index in [1.54, 1.807) is 7.11 Å². The first-order valence-electron chi connectivity index (χ1n) is 5.84. The van der Waals surface area contributed by atoms with Crippen molar-refractivity contribution < 1.29 is 4.74 Å². The van der Waals surface area contributed by atoms with Crippen molar-refractivity contribution in [2.24, 2.45) is 5.73 Å². The van der Waals surface area contributed by atoms with Gasteiger partial charge in [0.15, 0.2) is 5.82 Å². The van der Waals surface area contributed by atoms with E-state index in [1.165, 1.54) is 0 Å². The molecule has 0 amide bonds. The molecule has 0 saturated heterocycles. The lowest BCUT2D eigenvalue weighted by atomic mass is 10.1. The Kier molecular flexibility index (Phi) is 3.58. The lowest BCUT2D eigenvalue weighted by Gasteiger charge is -2.09. The Hall–Kier alpha value is -1.94. The highest BCUT2D eigenvalue weighted by Gasteiger charge is 2.09. The third kappa shape index (κ3) is 2.33. The molecule has 2 rings (SSSR count). The van der Waals surface area contributed by atoms with Crippen LogP contribution in [0.1, 0.15) is 17.0 Å². The molecular formula is C14H17N3O. The highest BCUT2D eigenvalue weighted by atomic mass is 16.5. The number of hydrogen-bond donors (Lipinski definition) is 1. The Morgan fingerprint density at radius 1 is 1.22 bits per heavy atom. The minimum Gasteiger partial charge on any atom is -0.497 e. The average Bonchev–Trinajstić information content (AvgIpc) is 2.41. The van der Waals surface area contributed by atoms with E-state index >= 15 is 0 Å². The summed E-state index contributed by atoms with van der Waals surface area (Å²) in [6.07, 6.45) is 0. The van der Waals surface area contributed by atoms with Gasteiger partial charge in [0, 0.05) is 17.8 Å². The van der Waals surface area contributed by atoms with Crippen LogP contribution in [0.25, 0.3) is 11.4 Å². The van der Waals surface area contributed by atoms with Crippen LogP contribution in [-0.4, -0.2) is 17.1 Å². The highest BCUT2D eigenvalue weighted by molar-refractivity contribution is 5.58. The van der Waals surface area contributed by atoms with Crippen LogP contribution in [0.4, 0.5) is 0 Å². The maximum atomic E-state index is 5.71. The summed E-state index contributed by atoms with van der Waals surface area (Å²) in [7, 11) is 1.64. The largest absolute Gasteiger partial charge is 0.497 e. The van der Waals surface area contributed by atoms with Gasteiger partial charge in [-0.25, -0.2) is 9.97 Å². The number of rotatable bonds is 3. The number of aromatic nitrogens is 2. The van der Waals surface area contributed by atoms with Crippen LogP contribution >= 0.6 is 0 Å². The molecule has 0 atom stereocenters. The normalized spacial score (nSPS) is 10.4. The van der Waals surface area contributed by atoms with Gasteiger partial charge in [-0.1, -0.05) is 12.1 Å². The molecule has 1 aromatic heterocycles. The summed E-state index contributed by atoms with van der Waals surface area (Å²) in [6.45, 7) is 4.39. The Labute approximate surface area is 107 Å². The van der Waals surface area contributed by atoms with Gasteiger partial charge in [0.2, 0.25) is 0 Å². The molecule has 0 saturated carbocycles. The Balaban J connectivity index is 2.53. The van der Waals surface area contributed by atoms with Gasteiger partial charge in [-0.15, -0.1) is 0 Å². The van der Waals surface area contributed by atoms with Crippen LogP contribution in [0.15, 0.2) is 24.3 Å². The molecule has 1 aromatic carbocycles. The van der Waals surface area contributed by atoms with Crippen LogP contribution in [-0.2, 0) is 6.54 Å². The number of benzene rings is 1. The minimum atomic E-state index is 0.423. The number of nitrogens with two attached hydrogens (primary N) is 1. The van der Waals surface area contributed by atoms with Crippen molar-refractivity contribution in [1.82, 2.24) is 9.97 Å². The average molecular weight is 243 g/mol. The molecular weight excluding hydrogens is 226 g/mol. The van der Waals surface area contributed by atoms with Crippen LogP contribution in [0.3, 0.4) is 0 Å². The van der Waals surface area contributed by atoms with E-state index in [0.29, 0.717) is 12.4 Å². The lowest BCUT2D eigenvalue weighted by Crippen LogP contribution is -2.07. The SMILES string of the molecule is COc1cccc(-c2nc(C)c(C)c(CN)n2)c1. The fourth-order valence-corrected chi connectivity index (χ4v) is 1.78. The van der Waals surface area contributed by atoms with E-state index < -0.39 is 0 Å². The van der Waals surface area contributed by atoms with Gasteiger partial charge in [-0.3, -0.25) is 0 Å². The lowest BCUT2D eigenvalue weighted by molar-refractivity contribution is 0.415. The van der Waals surface area contributed by atoms with Crippen LogP contribution in [0, 0.1) is 13.8 Å². The van der Waals surface area contributed by atoms with Gasteiger partial charge in [0.25, 0.3) is 0 Å². The second-order valence-electron chi connectivity index (χ2n) is 4.14. The maximum Gasteiger partial charge on any atom is 0.159 e. The summed E-state index contributed by atoms with van der Waals surface area (Å²) in [5.74, 6) is 1.49. The van der Waals surface area contributed by atoms with Gasteiger partial charge in [-0.2, -0.15) is 0 Å². The molecule has 0 bridgehead atoms. The summed E-state index contributed by atoms with van der Waals surface area (Å²) >= 11 is 0. The van der Waals surface area contributed by atoms with Gasteiger partial charge >= 0.3 is 0 Å². The van der Waals surface area contributed by atoms with Crippen molar-refractivity contribution in [3.63, 3.8) is 0 Å². The number of aryl methyl sites for hydroxylation is 1. The number of hydrogen-bond acceptors (Lipinski definition) is 4. The van der Waals surface area contributed by atoms with E-state index in [4.69, 9.17) is 10.5 Å². The van der Waals surface area contributed by atoms with Crippen molar-refractivity contribution in [3.8, 4) is 17.1 Å². The second-order valence-corrected chi connectivity index (χ2v) is 4.14. The van der Waals surface area contributed by atoms with E-state index in [2.05, 4.69) is 9.97 Å². The first kappa shape index (κ1) is 12.5. The van der Waals surface area contributed by atoms with Gasteiger partial charge in [0.05, 0.1) is 12.8 Å². The van der Waals surface area contributed by atoms with E-state index in [0.717, 1.165) is 28.3 Å². The minimum absolute atomic E-state index is 0.423. The third-order valence-electron chi connectivity index (χ3n) is 3.01. The zero-order valence-corrected chi connectivity index (χ0v) is 10.9. The Bertz CT molecular complexity index is 567. The quantitative estimate of drug-likeness (QED) is 0.898. The second kappa shape index (κ2) is 5.14. The summed E-state index contributed by atoms with van der Waals surface area (Å²) in [6, 6.07) is 7.71. The topological polar surface area (TPSA) is 61.0 Å². The van der Waals surface area contributed by atoms with Crippen molar-refractivity contribution in [2.45, 2.75) is 20.4 Å². The molecule has 0 aliphatic rings. The number of methoxy groups -OCH3 is 1. The number of ether oxygens (including phenoxy) is 1. The molecule has 0 fully saturated rings. The maximum absolute atomic E-state index is 5.71. The third-order valence-corrected chi connectivity index (χ3v) is 3.01. The van der Waals surface area contributed by atoms with Crippen molar-refractivity contribution in [3.05, 3.63) is 41.2 Å². The van der Waals surface area contributed by atoms with E-state index in [1.807, 2.05) is 38.1 Å². The Morgan fingerprint density at radius 3 is 2.67 bits per heavy atom. The summed E-state index contributed by atoms with van der Waals surface area (Å²) in [5, 5.41) is 0. The van der Waals surface area contributed by atoms with E-state index in [9.17, 15) is 0 Å². The fourth-order valence-electron chi connectivity index (χ4n) is 1.78. The smallest absolute Gasteiger partial charge is 0.159 e. The van der Waals surface area contributed by atoms with Crippen LogP contribution < -0.4 is 10.5 Å². The molecule has 18 heavy (non-hydrogen) atoms. The fraction of sp³-hybridized carbons (Fsp3) is 0.286. The summed E-state index contributed by atoms with van der Waals surface area (Å²) in [4.78, 5) is 9.01. The Morgan fingerprint density at radius 2 is 2.00 bits per heavy atom. The standard InChI is InChI=1S/C14H17N3O/c1-9-10(2)16-14(17-13(9)8-15)11-5-4-6-12(7-11)18-3/h4-7H,8,15H2,1-3H3. The molecule has 0 unspecified atom stereocenters. The molecule has 0 aliphatic carbocycles. The molecule has 94 valence electrons. The monoisotopic (exact) mass is 243 g/mol. The first-order chi connectivity index (χ1) is 8.65. The molecule has 0 radical (unpaired) electrons. The predicted octanol–water partition coefficient (Wildman–Crippen LogP) is 2.23. The molecule has 1 heterocycles. The molecule has 0 spiro atoms. The molecule has 4 nitrogen and oxygen atoms in total. The van der Waals surface area contributed by atoms with Crippen molar-refractivity contribution in [1.29, 1.82) is 0 Å². The van der Waals surface area contributed by atoms with Crippen LogP contribution in [0.2, 0.25) is 0 Å². The van der Waals surface area contributed by atoms with Crippen molar-refractivity contribution >= 4 is 0 Å². The molecule has 4 heteroatoms. The molecule has 2 N–H and O–H groups in total. The number of nitrogens with zero attached hydrogens (tertiary/aromatic N) is 2. The highest BCUT2D eigenvalue weighted by Crippen LogP contribution is 2.22. The van der Waals surface area contributed by atoms with Gasteiger partial charge < -0.3 is 10.5 Å². The van der Waals surface area contributed by atoms with Crippen molar-refractivity contribution in [2.75, 3.05) is 7.11 Å². The first-order valence-corrected chi connectivity index (χ1v) is 5.84. The van der Waals surface area contributed by atoms with Crippen LogP contribution in [0.5, 0.6) is 5.75 Å². The van der Waals surface area contributed by atoms with E-state index in [-0.39, 0.29) is 0 Å². The van der Waals surface area contributed by atoms with Gasteiger partial charge in [-0.05, 0) is 31.5 Å². The summed E-state index contributed by atoms with van der Waals surface area (Å²) in [5.41, 5.74) is 9.55.